The summed E-state index contributed by atoms with van der Waals surface area (Å²) >= 11 is 0. The molecule has 1 amide bonds. The highest BCUT2D eigenvalue weighted by atomic mass is 16.8. The Labute approximate surface area is 145 Å². The molecular weight excluding hydrogens is 326 g/mol. The second kappa shape index (κ2) is 6.13. The minimum Gasteiger partial charge on any atom is -0.497 e. The molecule has 25 heavy (non-hydrogen) atoms. The van der Waals surface area contributed by atoms with E-state index in [1.807, 2.05) is 23.1 Å². The number of cyclic esters (lactones) is 1. The number of fused-ring (bicyclic) bond motifs is 1. The van der Waals surface area contributed by atoms with E-state index in [9.17, 15) is 9.59 Å². The molecule has 0 radical (unpaired) electrons. The maximum Gasteiger partial charge on any atom is 0.509 e. The molecule has 0 aliphatic carbocycles. The van der Waals surface area contributed by atoms with Gasteiger partial charge in [-0.15, -0.1) is 0 Å². The highest BCUT2D eigenvalue weighted by Crippen LogP contribution is 2.34. The highest BCUT2D eigenvalue weighted by molar-refractivity contribution is 5.80. The predicted molar refractivity (Wildman–Crippen MR) is 86.7 cm³/mol. The molecule has 3 heterocycles. The Morgan fingerprint density at radius 3 is 2.76 bits per heavy atom. The van der Waals surface area contributed by atoms with Gasteiger partial charge >= 0.3 is 6.16 Å². The van der Waals surface area contributed by atoms with E-state index in [0.717, 1.165) is 17.1 Å². The van der Waals surface area contributed by atoms with E-state index in [4.69, 9.17) is 18.9 Å². The summed E-state index contributed by atoms with van der Waals surface area (Å²) in [6.07, 6.45) is 1.27. The van der Waals surface area contributed by atoms with Crippen molar-refractivity contribution in [1.29, 1.82) is 0 Å². The number of benzene rings is 1. The number of likely N-dealkylation sites (tertiary alicyclic amines) is 1. The van der Waals surface area contributed by atoms with E-state index < -0.39 is 11.8 Å². The van der Waals surface area contributed by atoms with Crippen molar-refractivity contribution in [3.05, 3.63) is 23.8 Å². The van der Waals surface area contributed by atoms with Gasteiger partial charge in [0.25, 0.3) is 0 Å². The first kappa shape index (κ1) is 16.1. The smallest absolute Gasteiger partial charge is 0.497 e. The lowest BCUT2D eigenvalue weighted by Crippen LogP contribution is -2.50. The van der Waals surface area contributed by atoms with Crippen molar-refractivity contribution in [2.24, 2.45) is 5.92 Å². The Bertz CT molecular complexity index is 695. The van der Waals surface area contributed by atoms with Crippen LogP contribution in [-0.4, -0.2) is 56.0 Å². The third kappa shape index (κ3) is 2.99. The molecule has 7 heteroatoms. The Morgan fingerprint density at radius 2 is 2.08 bits per heavy atom. The Hall–Kier alpha value is -2.44. The van der Waals surface area contributed by atoms with Crippen molar-refractivity contribution in [3.8, 4) is 11.5 Å². The number of piperidine rings is 1. The van der Waals surface area contributed by atoms with Crippen LogP contribution in [0.3, 0.4) is 0 Å². The number of methoxy groups -OCH3 is 1. The van der Waals surface area contributed by atoms with Gasteiger partial charge in [-0.05, 0) is 30.2 Å². The molecule has 1 spiro atoms. The van der Waals surface area contributed by atoms with Gasteiger partial charge in [-0.2, -0.15) is 0 Å². The number of hydrogen-bond donors (Lipinski definition) is 0. The number of ether oxygens (including phenoxy) is 4. The third-order valence-corrected chi connectivity index (χ3v) is 5.26. The molecule has 3 aliphatic heterocycles. The van der Waals surface area contributed by atoms with Gasteiger partial charge in [0, 0.05) is 25.9 Å². The van der Waals surface area contributed by atoms with E-state index in [1.165, 1.54) is 0 Å². The van der Waals surface area contributed by atoms with Gasteiger partial charge in [-0.1, -0.05) is 0 Å². The van der Waals surface area contributed by atoms with E-state index in [1.54, 1.807) is 7.11 Å². The molecule has 2 saturated heterocycles. The largest absolute Gasteiger partial charge is 0.509 e. The van der Waals surface area contributed by atoms with Crippen LogP contribution in [-0.2, 0) is 20.7 Å². The average molecular weight is 347 g/mol. The molecule has 0 bridgehead atoms. The van der Waals surface area contributed by atoms with Crippen LogP contribution in [0.15, 0.2) is 18.2 Å². The Kier molecular flexibility index (Phi) is 3.94. The monoisotopic (exact) mass is 347 g/mol. The molecule has 1 unspecified atom stereocenters. The molecule has 0 N–H and O–H groups in total. The third-order valence-electron chi connectivity index (χ3n) is 5.26. The molecule has 3 aliphatic rings. The standard InChI is InChI=1S/C18H21NO6/c1-22-14-2-3-15-12(9-14)8-13(10-23-15)16(20)19-6-4-18(5-7-19)11-24-17(21)25-18/h2-3,9,13H,4-8,10-11H2,1H3. The molecule has 134 valence electrons. The van der Waals surface area contributed by atoms with Crippen LogP contribution in [0.1, 0.15) is 18.4 Å². The maximum atomic E-state index is 12.9. The van der Waals surface area contributed by atoms with Crippen LogP contribution in [0.4, 0.5) is 4.79 Å². The SMILES string of the molecule is COc1ccc2c(c1)CC(C(=O)N1CCC3(CC1)COC(=O)O3)CO2. The van der Waals surface area contributed by atoms with Gasteiger partial charge in [0.15, 0.2) is 5.60 Å². The first-order valence-electron chi connectivity index (χ1n) is 8.53. The normalized spacial score (nSPS) is 24.1. The topological polar surface area (TPSA) is 74.3 Å². The van der Waals surface area contributed by atoms with Crippen LogP contribution >= 0.6 is 0 Å². The zero-order valence-electron chi connectivity index (χ0n) is 14.2. The van der Waals surface area contributed by atoms with Crippen molar-refractivity contribution >= 4 is 12.1 Å². The number of rotatable bonds is 2. The van der Waals surface area contributed by atoms with Crippen molar-refractivity contribution < 1.29 is 28.5 Å². The summed E-state index contributed by atoms with van der Waals surface area (Å²) in [7, 11) is 1.62. The van der Waals surface area contributed by atoms with Crippen LogP contribution in [0.25, 0.3) is 0 Å². The van der Waals surface area contributed by atoms with Gasteiger partial charge in [0.2, 0.25) is 5.91 Å². The lowest BCUT2D eigenvalue weighted by Gasteiger charge is -2.38. The van der Waals surface area contributed by atoms with Crippen LogP contribution in [0.5, 0.6) is 11.5 Å². The fourth-order valence-corrected chi connectivity index (χ4v) is 3.72. The summed E-state index contributed by atoms with van der Waals surface area (Å²) in [6.45, 7) is 1.80. The molecule has 4 rings (SSSR count). The predicted octanol–water partition coefficient (Wildman–Crippen LogP) is 1.77. The lowest BCUT2D eigenvalue weighted by atomic mass is 9.90. The van der Waals surface area contributed by atoms with E-state index in [2.05, 4.69) is 0 Å². The van der Waals surface area contributed by atoms with E-state index >= 15 is 0 Å². The molecule has 1 aromatic rings. The first-order valence-corrected chi connectivity index (χ1v) is 8.53. The summed E-state index contributed by atoms with van der Waals surface area (Å²) in [4.78, 5) is 25.9. The van der Waals surface area contributed by atoms with Gasteiger partial charge < -0.3 is 23.8 Å². The fourth-order valence-electron chi connectivity index (χ4n) is 3.72. The highest BCUT2D eigenvalue weighted by Gasteiger charge is 2.46. The van der Waals surface area contributed by atoms with E-state index in [0.29, 0.717) is 39.0 Å². The zero-order chi connectivity index (χ0) is 17.4. The Morgan fingerprint density at radius 1 is 1.28 bits per heavy atom. The molecule has 1 atom stereocenters. The van der Waals surface area contributed by atoms with Crippen molar-refractivity contribution in [2.45, 2.75) is 24.9 Å². The minimum absolute atomic E-state index is 0.0913. The van der Waals surface area contributed by atoms with Crippen molar-refractivity contribution in [3.63, 3.8) is 0 Å². The van der Waals surface area contributed by atoms with Gasteiger partial charge in [-0.25, -0.2) is 4.79 Å². The summed E-state index contributed by atoms with van der Waals surface area (Å²) in [5.74, 6) is 1.47. The first-order chi connectivity index (χ1) is 12.1. The molecule has 7 nitrogen and oxygen atoms in total. The summed E-state index contributed by atoms with van der Waals surface area (Å²) in [5.41, 5.74) is 0.451. The summed E-state index contributed by atoms with van der Waals surface area (Å²) in [6, 6.07) is 5.67. The summed E-state index contributed by atoms with van der Waals surface area (Å²) in [5, 5.41) is 0. The number of hydrogen-bond acceptors (Lipinski definition) is 6. The number of carbonyl (C=O) groups is 2. The van der Waals surface area contributed by atoms with Gasteiger partial charge in [-0.3, -0.25) is 4.79 Å². The number of nitrogens with zero attached hydrogens (tertiary/aromatic N) is 1. The quantitative estimate of drug-likeness (QED) is 0.759. The molecular formula is C18H21NO6. The second-order valence-corrected chi connectivity index (χ2v) is 6.83. The number of carbonyl (C=O) groups excluding carboxylic acids is 2. The molecule has 0 aromatic heterocycles. The molecule has 1 aromatic carbocycles. The van der Waals surface area contributed by atoms with E-state index in [-0.39, 0.29) is 18.4 Å². The summed E-state index contributed by atoms with van der Waals surface area (Å²) < 4.78 is 21.2. The van der Waals surface area contributed by atoms with Crippen LogP contribution in [0, 0.1) is 5.92 Å². The molecule has 2 fully saturated rings. The van der Waals surface area contributed by atoms with Gasteiger partial charge in [0.1, 0.15) is 24.7 Å². The van der Waals surface area contributed by atoms with Crippen molar-refractivity contribution in [1.82, 2.24) is 4.90 Å². The van der Waals surface area contributed by atoms with Crippen LogP contribution < -0.4 is 9.47 Å². The lowest BCUT2D eigenvalue weighted by molar-refractivity contribution is -0.140. The Balaban J connectivity index is 1.40. The fraction of sp³-hybridized carbons (Fsp3) is 0.556. The van der Waals surface area contributed by atoms with Crippen molar-refractivity contribution in [2.75, 3.05) is 33.4 Å². The maximum absolute atomic E-state index is 12.9. The van der Waals surface area contributed by atoms with Gasteiger partial charge in [0.05, 0.1) is 13.0 Å². The second-order valence-electron chi connectivity index (χ2n) is 6.83. The number of amides is 1. The molecule has 0 saturated carbocycles. The minimum atomic E-state index is -0.606. The average Bonchev–Trinajstić information content (AvgIpc) is 3.01. The zero-order valence-corrected chi connectivity index (χ0v) is 14.2. The van der Waals surface area contributed by atoms with Crippen LogP contribution in [0.2, 0.25) is 0 Å².